The van der Waals surface area contributed by atoms with Crippen LogP contribution in [0, 0.1) is 28.9 Å². The summed E-state index contributed by atoms with van der Waals surface area (Å²) in [6.45, 7) is 15.2. The van der Waals surface area contributed by atoms with Crippen LogP contribution < -0.4 is 25.4 Å². The molecule has 1 aromatic heterocycles. The summed E-state index contributed by atoms with van der Waals surface area (Å²) < 4.78 is 78.9. The van der Waals surface area contributed by atoms with Crippen LogP contribution in [0.3, 0.4) is 0 Å². The van der Waals surface area contributed by atoms with Crippen molar-refractivity contribution in [3.63, 3.8) is 0 Å². The normalized spacial score (nSPS) is 23.0. The quantitative estimate of drug-likeness (QED) is 0.0883. The summed E-state index contributed by atoms with van der Waals surface area (Å²) >= 11 is 0. The lowest BCUT2D eigenvalue weighted by Crippen LogP contribution is -2.51. The number of halogens is 4. The van der Waals surface area contributed by atoms with Crippen LogP contribution in [0.5, 0.6) is 11.8 Å². The molecule has 14 heteroatoms. The van der Waals surface area contributed by atoms with E-state index in [1.165, 1.54) is 25.3 Å². The highest BCUT2D eigenvalue weighted by molar-refractivity contribution is 6.90. The Labute approximate surface area is 350 Å². The summed E-state index contributed by atoms with van der Waals surface area (Å²) in [5, 5.41) is 4.27. The van der Waals surface area contributed by atoms with Crippen molar-refractivity contribution in [2.24, 2.45) is 5.73 Å². The van der Waals surface area contributed by atoms with Gasteiger partial charge in [-0.3, -0.25) is 9.69 Å². The van der Waals surface area contributed by atoms with E-state index >= 15 is 13.2 Å². The van der Waals surface area contributed by atoms with Crippen LogP contribution in [0.15, 0.2) is 24.3 Å². The number of anilines is 1. The first kappa shape index (κ1) is 42.2. The van der Waals surface area contributed by atoms with Crippen molar-refractivity contribution in [3.05, 3.63) is 52.8 Å². The van der Waals surface area contributed by atoms with Gasteiger partial charge in [0, 0.05) is 43.5 Å². The number of alkyl halides is 1. The highest BCUT2D eigenvalue weighted by atomic mass is 28.3. The van der Waals surface area contributed by atoms with Crippen molar-refractivity contribution in [1.29, 1.82) is 0 Å². The van der Waals surface area contributed by atoms with E-state index in [-0.39, 0.29) is 86.7 Å². The van der Waals surface area contributed by atoms with Gasteiger partial charge in [0.1, 0.15) is 38.0 Å². The van der Waals surface area contributed by atoms with E-state index in [0.717, 1.165) is 32.2 Å². The topological polar surface area (TPSA) is 106 Å². The molecule has 4 fully saturated rings. The molecule has 8 rings (SSSR count). The fourth-order valence-electron chi connectivity index (χ4n) is 11.3. The van der Waals surface area contributed by atoms with Gasteiger partial charge >= 0.3 is 6.01 Å². The van der Waals surface area contributed by atoms with E-state index in [4.69, 9.17) is 20.2 Å². The summed E-state index contributed by atoms with van der Waals surface area (Å²) in [7, 11) is -1.10. The second kappa shape index (κ2) is 16.1. The average molecular weight is 845 g/mol. The maximum atomic E-state index is 17.9. The molecule has 9 nitrogen and oxygen atoms in total. The largest absolute Gasteiger partial charge is 0.493 e. The molecule has 0 aliphatic carbocycles. The Hall–Kier alpha value is -4.45. The number of amides is 1. The molecule has 60 heavy (non-hydrogen) atoms. The van der Waals surface area contributed by atoms with E-state index in [0.29, 0.717) is 37.0 Å². The summed E-state index contributed by atoms with van der Waals surface area (Å²) in [6.07, 6.45) is 2.66. The number of aromatic nitrogens is 2. The van der Waals surface area contributed by atoms with E-state index in [1.54, 1.807) is 6.07 Å². The summed E-state index contributed by atoms with van der Waals surface area (Å²) in [5.41, 5.74) is 9.07. The Balaban J connectivity index is 1.39. The van der Waals surface area contributed by atoms with E-state index in [2.05, 4.69) is 68.2 Å². The molecule has 3 aromatic carbocycles. The number of nitrogens with zero attached hydrogens (tertiary/aromatic N) is 4. The first-order valence-electron chi connectivity index (χ1n) is 21.4. The SMILES string of the molecule is COc1c(F)c(-c2cc(CC(N)=O)cc3ccc(F)c(C#C[Si](C(C)C)(C(C)C)C(C)C)c23)c(F)c2nc(OC[C@@]34CCCN3C[C@H](F)C4)nc(N3CC4CCC(C3)N4)c12. The lowest BCUT2D eigenvalue weighted by Gasteiger charge is -2.38. The van der Waals surface area contributed by atoms with Crippen molar-refractivity contribution in [2.45, 2.75) is 120 Å². The van der Waals surface area contributed by atoms with Crippen LogP contribution in [-0.4, -0.2) is 92.5 Å². The molecule has 2 unspecified atom stereocenters. The van der Waals surface area contributed by atoms with Crippen molar-refractivity contribution in [2.75, 3.05) is 44.8 Å². The number of benzene rings is 3. The Bertz CT molecular complexity index is 2390. The van der Waals surface area contributed by atoms with Crippen molar-refractivity contribution >= 4 is 41.5 Å². The van der Waals surface area contributed by atoms with Gasteiger partial charge in [-0.25, -0.2) is 17.6 Å². The monoisotopic (exact) mass is 844 g/mol. The molecule has 1 amide bonds. The zero-order valence-electron chi connectivity index (χ0n) is 35.7. The van der Waals surface area contributed by atoms with Gasteiger partial charge < -0.3 is 25.4 Å². The van der Waals surface area contributed by atoms with Gasteiger partial charge in [0.25, 0.3) is 0 Å². The summed E-state index contributed by atoms with van der Waals surface area (Å²) in [5.74, 6) is -0.123. The van der Waals surface area contributed by atoms with Gasteiger partial charge in [-0.2, -0.15) is 9.97 Å². The van der Waals surface area contributed by atoms with Crippen molar-refractivity contribution in [3.8, 4) is 34.4 Å². The minimum Gasteiger partial charge on any atom is -0.493 e. The Morgan fingerprint density at radius 1 is 1.00 bits per heavy atom. The van der Waals surface area contributed by atoms with Gasteiger partial charge in [-0.1, -0.05) is 59.6 Å². The van der Waals surface area contributed by atoms with Crippen LogP contribution in [-0.2, 0) is 11.2 Å². The fraction of sp³-hybridized carbons (Fsp3) is 0.543. The number of hydrogen-bond acceptors (Lipinski definition) is 8. The molecule has 4 aliphatic heterocycles. The third-order valence-corrected chi connectivity index (χ3v) is 20.2. The number of carbonyl (C=O) groups excluding carboxylic acids is 1. The van der Waals surface area contributed by atoms with Crippen LogP contribution in [0.25, 0.3) is 32.8 Å². The number of piperazine rings is 1. The highest BCUT2D eigenvalue weighted by Gasteiger charge is 2.49. The number of nitrogens with two attached hydrogens (primary N) is 1. The molecule has 4 saturated heterocycles. The maximum Gasteiger partial charge on any atom is 0.319 e. The van der Waals surface area contributed by atoms with E-state index in [1.807, 2.05) is 4.90 Å². The maximum absolute atomic E-state index is 17.9. The van der Waals surface area contributed by atoms with Gasteiger partial charge in [-0.05, 0) is 77.5 Å². The molecule has 4 aliphatic rings. The number of nitrogens with one attached hydrogen (secondary N) is 1. The number of carbonyl (C=O) groups is 1. The van der Waals surface area contributed by atoms with Gasteiger partial charge in [0.05, 0.1) is 35.6 Å². The molecule has 4 atom stereocenters. The minimum atomic E-state index is -2.41. The molecule has 2 bridgehead atoms. The number of hydrogen-bond donors (Lipinski definition) is 2. The Morgan fingerprint density at radius 3 is 2.35 bits per heavy atom. The fourth-order valence-corrected chi connectivity index (χ4v) is 16.5. The zero-order chi connectivity index (χ0) is 42.8. The predicted molar refractivity (Wildman–Crippen MR) is 230 cm³/mol. The van der Waals surface area contributed by atoms with Crippen molar-refractivity contribution in [1.82, 2.24) is 20.2 Å². The smallest absolute Gasteiger partial charge is 0.319 e. The minimum absolute atomic E-state index is 0.0107. The van der Waals surface area contributed by atoms with Crippen LogP contribution in [0.1, 0.15) is 84.8 Å². The van der Waals surface area contributed by atoms with Crippen molar-refractivity contribution < 1.29 is 31.8 Å². The highest BCUT2D eigenvalue weighted by Crippen LogP contribution is 2.47. The lowest BCUT2D eigenvalue weighted by atomic mass is 9.90. The molecule has 0 radical (unpaired) electrons. The first-order valence-corrected chi connectivity index (χ1v) is 23.7. The predicted octanol–water partition coefficient (Wildman–Crippen LogP) is 8.37. The zero-order valence-corrected chi connectivity index (χ0v) is 36.7. The number of methoxy groups -OCH3 is 1. The van der Waals surface area contributed by atoms with Gasteiger partial charge in [-0.15, -0.1) is 5.54 Å². The molecular formula is C46H56F4N6O3Si. The number of fused-ring (bicyclic) bond motifs is 5. The molecular weight excluding hydrogens is 789 g/mol. The lowest BCUT2D eigenvalue weighted by molar-refractivity contribution is -0.117. The van der Waals surface area contributed by atoms with E-state index < -0.39 is 48.7 Å². The van der Waals surface area contributed by atoms with Gasteiger partial charge in [0.2, 0.25) is 5.91 Å². The number of primary amides is 1. The van der Waals surface area contributed by atoms with E-state index in [9.17, 15) is 9.18 Å². The second-order valence-electron chi connectivity index (χ2n) is 18.5. The first-order chi connectivity index (χ1) is 28.6. The van der Waals surface area contributed by atoms with Crippen LogP contribution in [0.4, 0.5) is 23.4 Å². The third kappa shape index (κ3) is 7.18. The number of rotatable bonds is 11. The summed E-state index contributed by atoms with van der Waals surface area (Å²) in [6, 6.07) is 6.18. The molecule has 5 heterocycles. The second-order valence-corrected chi connectivity index (χ2v) is 24.0. The van der Waals surface area contributed by atoms with Gasteiger partial charge in [0.15, 0.2) is 17.4 Å². The standard InChI is InChI=1S/C46H56F4N6O3Si/c1-25(2)60(26(3)4,27(5)6)16-13-33-35(48)12-9-29-17-28(19-36(51)57)18-34(37(29)33)38-40(49)42-39(43(58-7)41(38)50)44(55-22-31-10-11-32(23-55)52-31)54-45(53-42)59-24-46-14-8-15-56(46)21-30(47)20-46/h9,12,17-18,25-27,30-32,52H,8,10-11,14-15,19-24H2,1-7H3,(H2,51,57)/t30-,31?,32?,46+/m1/s1. The Kier molecular flexibility index (Phi) is 11.3. The molecule has 3 N–H and O–H groups in total. The van der Waals surface area contributed by atoms with Crippen LogP contribution in [0.2, 0.25) is 16.6 Å². The Morgan fingerprint density at radius 2 is 1.70 bits per heavy atom. The van der Waals surface area contributed by atoms with Crippen LogP contribution >= 0.6 is 0 Å². The summed E-state index contributed by atoms with van der Waals surface area (Å²) in [4.78, 5) is 25.9. The molecule has 0 spiro atoms. The molecule has 4 aromatic rings. The molecule has 320 valence electrons. The average Bonchev–Trinajstić information content (AvgIpc) is 3.84. The third-order valence-electron chi connectivity index (χ3n) is 13.9. The molecule has 0 saturated carbocycles. The number of ether oxygens (including phenoxy) is 2.